The quantitative estimate of drug-likeness (QED) is 0.584. The van der Waals surface area contributed by atoms with Crippen LogP contribution < -0.4 is 16.0 Å². The molecule has 0 bridgehead atoms. The number of nitrogen functional groups attached to an aromatic ring is 1. The van der Waals surface area contributed by atoms with Crippen LogP contribution in [-0.4, -0.2) is 8.42 Å². The van der Waals surface area contributed by atoms with Crippen LogP contribution in [0.25, 0.3) is 10.8 Å². The molecule has 2 rings (SSSR count). The fraction of sp³-hybridized carbons (Fsp3) is 0. The van der Waals surface area contributed by atoms with Crippen LogP contribution in [0.1, 0.15) is 0 Å². The molecule has 0 aliphatic rings. The fourth-order valence-electron chi connectivity index (χ4n) is 1.25. The highest BCUT2D eigenvalue weighted by molar-refractivity contribution is 7.86. The molecule has 0 saturated carbocycles. The monoisotopic (exact) mass is 239 g/mol. The molecule has 6 N–H and O–H groups in total. The molecule has 0 unspecified atom stereocenters. The fourth-order valence-corrected chi connectivity index (χ4v) is 1.25. The van der Waals surface area contributed by atoms with Crippen LogP contribution in [-0.2, 0) is 10.2 Å². The Balaban J connectivity index is 0.000000221. The van der Waals surface area contributed by atoms with E-state index in [4.69, 9.17) is 5.73 Å². The molecule has 86 valence electrons. The van der Waals surface area contributed by atoms with Crippen molar-refractivity contribution in [1.29, 1.82) is 0 Å². The zero-order valence-electron chi connectivity index (χ0n) is 8.50. The second-order valence-corrected chi connectivity index (χ2v) is 4.34. The first-order valence-electron chi connectivity index (χ1n) is 4.41. The Bertz CT molecular complexity index is 568. The third kappa shape index (κ3) is 4.26. The minimum Gasteiger partial charge on any atom is -0.398 e. The summed E-state index contributed by atoms with van der Waals surface area (Å²) in [6, 6.07) is 14.1. The van der Waals surface area contributed by atoms with Gasteiger partial charge in [0, 0.05) is 11.1 Å². The zero-order valence-corrected chi connectivity index (χ0v) is 9.31. The summed E-state index contributed by atoms with van der Waals surface area (Å²) in [5.74, 6) is 0. The van der Waals surface area contributed by atoms with Gasteiger partial charge in [0.1, 0.15) is 0 Å². The molecule has 0 aliphatic heterocycles. The van der Waals surface area contributed by atoms with E-state index in [1.54, 1.807) is 0 Å². The molecule has 0 amide bonds. The Morgan fingerprint density at radius 2 is 1.38 bits per heavy atom. The number of hydrogen-bond donors (Lipinski definition) is 3. The van der Waals surface area contributed by atoms with Crippen LogP contribution in [0.2, 0.25) is 0 Å². The zero-order chi connectivity index (χ0) is 12.2. The first-order chi connectivity index (χ1) is 7.38. The molecule has 6 heteroatoms. The molecule has 2 aromatic rings. The van der Waals surface area contributed by atoms with Gasteiger partial charge in [0.2, 0.25) is 0 Å². The predicted molar refractivity (Wildman–Crippen MR) is 65.7 cm³/mol. The van der Waals surface area contributed by atoms with E-state index in [2.05, 4.69) is 22.4 Å². The number of anilines is 1. The molecule has 16 heavy (non-hydrogen) atoms. The lowest BCUT2D eigenvalue weighted by Gasteiger charge is -1.98. The second kappa shape index (κ2) is 4.93. The third-order valence-electron chi connectivity index (χ3n) is 1.82. The molecule has 0 heterocycles. The Kier molecular flexibility index (Phi) is 3.83. The maximum atomic E-state index is 9.19. The van der Waals surface area contributed by atoms with Gasteiger partial charge < -0.3 is 5.73 Å². The number of benzene rings is 2. The van der Waals surface area contributed by atoms with E-state index >= 15 is 0 Å². The standard InChI is InChI=1S/C10H9N.H4N2O2S/c11-10-7-3-5-8-4-1-2-6-9(8)10;1-5(2,3)4/h1-7H,11H2;(H4,1,2,3,4). The SMILES string of the molecule is NS(N)(=O)=O.Nc1cccc2ccccc12. The van der Waals surface area contributed by atoms with Gasteiger partial charge in [-0.1, -0.05) is 36.4 Å². The van der Waals surface area contributed by atoms with E-state index in [0.717, 1.165) is 11.1 Å². The van der Waals surface area contributed by atoms with Crippen molar-refractivity contribution in [1.82, 2.24) is 0 Å². The number of fused-ring (bicyclic) bond motifs is 1. The largest absolute Gasteiger partial charge is 0.398 e. The molecule has 0 spiro atoms. The van der Waals surface area contributed by atoms with Crippen molar-refractivity contribution in [2.75, 3.05) is 5.73 Å². The van der Waals surface area contributed by atoms with Gasteiger partial charge in [0.15, 0.2) is 0 Å². The van der Waals surface area contributed by atoms with Gasteiger partial charge in [0.25, 0.3) is 10.2 Å². The predicted octanol–water partition coefficient (Wildman–Crippen LogP) is 0.571. The summed E-state index contributed by atoms with van der Waals surface area (Å²) < 4.78 is 18.4. The van der Waals surface area contributed by atoms with Gasteiger partial charge >= 0.3 is 0 Å². The van der Waals surface area contributed by atoms with Gasteiger partial charge in [-0.2, -0.15) is 8.42 Å². The van der Waals surface area contributed by atoms with Crippen LogP contribution >= 0.6 is 0 Å². The van der Waals surface area contributed by atoms with Crippen molar-refractivity contribution in [3.05, 3.63) is 42.5 Å². The van der Waals surface area contributed by atoms with Crippen LogP contribution in [0, 0.1) is 0 Å². The van der Waals surface area contributed by atoms with E-state index in [-0.39, 0.29) is 0 Å². The van der Waals surface area contributed by atoms with E-state index in [1.165, 1.54) is 5.39 Å². The number of hydrogen-bond acceptors (Lipinski definition) is 3. The van der Waals surface area contributed by atoms with Crippen molar-refractivity contribution in [3.63, 3.8) is 0 Å². The van der Waals surface area contributed by atoms with Gasteiger partial charge in [-0.15, -0.1) is 0 Å². The van der Waals surface area contributed by atoms with Gasteiger partial charge in [-0.3, -0.25) is 0 Å². The maximum Gasteiger partial charge on any atom is 0.271 e. The summed E-state index contributed by atoms with van der Waals surface area (Å²) >= 11 is 0. The summed E-state index contributed by atoms with van der Waals surface area (Å²) in [6.07, 6.45) is 0. The molecule has 5 nitrogen and oxygen atoms in total. The van der Waals surface area contributed by atoms with Crippen molar-refractivity contribution in [2.45, 2.75) is 0 Å². The maximum absolute atomic E-state index is 9.19. The highest BCUT2D eigenvalue weighted by Crippen LogP contribution is 2.19. The van der Waals surface area contributed by atoms with Crippen LogP contribution in [0.5, 0.6) is 0 Å². The average Bonchev–Trinajstić information content (AvgIpc) is 2.16. The average molecular weight is 239 g/mol. The summed E-state index contributed by atoms with van der Waals surface area (Å²) in [5, 5.41) is 10.5. The van der Waals surface area contributed by atoms with Crippen LogP contribution in [0.3, 0.4) is 0 Å². The molecule has 0 saturated heterocycles. The first kappa shape index (κ1) is 12.4. The van der Waals surface area contributed by atoms with E-state index < -0.39 is 10.2 Å². The molecule has 0 fully saturated rings. The number of nitrogens with two attached hydrogens (primary N) is 3. The topological polar surface area (TPSA) is 112 Å². The number of rotatable bonds is 0. The van der Waals surface area contributed by atoms with E-state index in [0.29, 0.717) is 0 Å². The molecule has 2 aromatic carbocycles. The lowest BCUT2D eigenvalue weighted by atomic mass is 10.1. The first-order valence-corrected chi connectivity index (χ1v) is 6.02. The van der Waals surface area contributed by atoms with E-state index in [9.17, 15) is 8.42 Å². The highest BCUT2D eigenvalue weighted by atomic mass is 32.2. The third-order valence-corrected chi connectivity index (χ3v) is 1.82. The minimum atomic E-state index is -3.67. The van der Waals surface area contributed by atoms with Crippen LogP contribution in [0.15, 0.2) is 42.5 Å². The van der Waals surface area contributed by atoms with Gasteiger partial charge in [-0.25, -0.2) is 10.3 Å². The minimum absolute atomic E-state index is 0.850. The van der Waals surface area contributed by atoms with Crippen molar-refractivity contribution in [3.8, 4) is 0 Å². The Morgan fingerprint density at radius 3 is 1.94 bits per heavy atom. The summed E-state index contributed by atoms with van der Waals surface area (Å²) in [6.45, 7) is 0. The molecule has 0 aliphatic carbocycles. The molecular weight excluding hydrogens is 226 g/mol. The summed E-state index contributed by atoms with van der Waals surface area (Å²) in [4.78, 5) is 0. The van der Waals surface area contributed by atoms with Gasteiger partial charge in [-0.05, 0) is 11.5 Å². The Hall–Kier alpha value is -1.63. The molecule has 0 aromatic heterocycles. The normalized spacial score (nSPS) is 10.6. The van der Waals surface area contributed by atoms with Gasteiger partial charge in [0.05, 0.1) is 0 Å². The Labute approximate surface area is 94.0 Å². The molecule has 0 radical (unpaired) electrons. The van der Waals surface area contributed by atoms with Crippen molar-refractivity contribution >= 4 is 26.7 Å². The summed E-state index contributed by atoms with van der Waals surface area (Å²) in [5.41, 5.74) is 6.61. The smallest absolute Gasteiger partial charge is 0.271 e. The van der Waals surface area contributed by atoms with Crippen LogP contribution in [0.4, 0.5) is 5.69 Å². The molecular formula is C10H13N3O2S. The van der Waals surface area contributed by atoms with Crippen molar-refractivity contribution in [2.24, 2.45) is 10.3 Å². The second-order valence-electron chi connectivity index (χ2n) is 3.16. The summed E-state index contributed by atoms with van der Waals surface area (Å²) in [7, 11) is -3.67. The van der Waals surface area contributed by atoms with E-state index in [1.807, 2.05) is 30.3 Å². The Morgan fingerprint density at radius 1 is 0.875 bits per heavy atom. The lowest BCUT2D eigenvalue weighted by molar-refractivity contribution is 0.599. The van der Waals surface area contributed by atoms with Crippen molar-refractivity contribution < 1.29 is 8.42 Å². The lowest BCUT2D eigenvalue weighted by Crippen LogP contribution is -2.21. The highest BCUT2D eigenvalue weighted by Gasteiger charge is 1.92. The molecule has 0 atom stereocenters.